The Kier molecular flexibility index (Phi) is 3.84. The van der Waals surface area contributed by atoms with Gasteiger partial charge in [-0.25, -0.2) is 0 Å². The van der Waals surface area contributed by atoms with Gasteiger partial charge in [-0.1, -0.05) is 6.42 Å². The molecule has 1 aliphatic carbocycles. The maximum absolute atomic E-state index is 12.1. The normalized spacial score (nSPS) is 28.2. The molecule has 1 fully saturated rings. The third-order valence-electron chi connectivity index (χ3n) is 3.83. The molecule has 0 saturated heterocycles. The van der Waals surface area contributed by atoms with E-state index in [0.717, 1.165) is 25.7 Å². The standard InChI is InChI=1S/C13H20N2OS/c1-13(6-2-3-11(13)14)12(16)15-7-4-10-5-8-17-9-10/h5,8-9,11H,2-4,6-7,14H2,1H3,(H,15,16). The van der Waals surface area contributed by atoms with Crippen LogP contribution in [0.5, 0.6) is 0 Å². The van der Waals surface area contributed by atoms with E-state index in [9.17, 15) is 4.79 Å². The molecule has 0 radical (unpaired) electrons. The van der Waals surface area contributed by atoms with Crippen molar-refractivity contribution in [1.29, 1.82) is 0 Å². The van der Waals surface area contributed by atoms with Gasteiger partial charge in [0.2, 0.25) is 5.91 Å². The van der Waals surface area contributed by atoms with Crippen LogP contribution in [0.4, 0.5) is 0 Å². The number of hydrogen-bond acceptors (Lipinski definition) is 3. The average molecular weight is 252 g/mol. The van der Waals surface area contributed by atoms with E-state index in [4.69, 9.17) is 5.73 Å². The molecule has 1 aromatic rings. The number of hydrogen-bond donors (Lipinski definition) is 2. The number of rotatable bonds is 4. The minimum atomic E-state index is -0.353. The van der Waals surface area contributed by atoms with E-state index in [1.54, 1.807) is 11.3 Å². The Morgan fingerprint density at radius 1 is 1.71 bits per heavy atom. The number of carbonyl (C=O) groups excluding carboxylic acids is 1. The number of nitrogens with one attached hydrogen (secondary N) is 1. The number of nitrogens with two attached hydrogens (primary N) is 1. The topological polar surface area (TPSA) is 55.1 Å². The highest BCUT2D eigenvalue weighted by Crippen LogP contribution is 2.36. The predicted molar refractivity (Wildman–Crippen MR) is 71.0 cm³/mol. The van der Waals surface area contributed by atoms with E-state index in [2.05, 4.69) is 22.1 Å². The SMILES string of the molecule is CC1(C(=O)NCCc2ccsc2)CCCC1N. The Morgan fingerprint density at radius 2 is 2.53 bits per heavy atom. The number of thiophene rings is 1. The van der Waals surface area contributed by atoms with Crippen LogP contribution in [0.3, 0.4) is 0 Å². The first-order valence-electron chi connectivity index (χ1n) is 6.18. The van der Waals surface area contributed by atoms with E-state index in [1.807, 2.05) is 6.92 Å². The van der Waals surface area contributed by atoms with Crippen LogP contribution in [0.1, 0.15) is 31.7 Å². The summed E-state index contributed by atoms with van der Waals surface area (Å²) in [6.45, 7) is 2.70. The molecule has 1 saturated carbocycles. The highest BCUT2D eigenvalue weighted by molar-refractivity contribution is 7.07. The molecule has 17 heavy (non-hydrogen) atoms. The lowest BCUT2D eigenvalue weighted by Gasteiger charge is -2.27. The van der Waals surface area contributed by atoms with Gasteiger partial charge in [0.25, 0.3) is 0 Å². The summed E-state index contributed by atoms with van der Waals surface area (Å²) in [4.78, 5) is 12.1. The van der Waals surface area contributed by atoms with Crippen molar-refractivity contribution < 1.29 is 4.79 Å². The van der Waals surface area contributed by atoms with Crippen LogP contribution in [0.15, 0.2) is 16.8 Å². The second-order valence-corrected chi connectivity index (χ2v) is 5.83. The Balaban J connectivity index is 1.81. The van der Waals surface area contributed by atoms with Crippen LogP contribution < -0.4 is 11.1 Å². The zero-order chi connectivity index (χ0) is 12.3. The zero-order valence-corrected chi connectivity index (χ0v) is 11.1. The Bertz CT molecular complexity index is 377. The molecule has 2 atom stereocenters. The Labute approximate surface area is 106 Å². The van der Waals surface area contributed by atoms with Crippen molar-refractivity contribution in [2.75, 3.05) is 6.54 Å². The van der Waals surface area contributed by atoms with Gasteiger partial charge in [-0.3, -0.25) is 4.79 Å². The molecule has 1 heterocycles. The molecule has 2 unspecified atom stereocenters. The Morgan fingerprint density at radius 3 is 3.12 bits per heavy atom. The summed E-state index contributed by atoms with van der Waals surface area (Å²) in [6, 6.07) is 2.11. The summed E-state index contributed by atoms with van der Waals surface area (Å²) in [5.74, 6) is 0.123. The fourth-order valence-electron chi connectivity index (χ4n) is 2.43. The smallest absolute Gasteiger partial charge is 0.227 e. The van der Waals surface area contributed by atoms with Crippen molar-refractivity contribution in [3.63, 3.8) is 0 Å². The van der Waals surface area contributed by atoms with Crippen molar-refractivity contribution in [2.45, 2.75) is 38.6 Å². The lowest BCUT2D eigenvalue weighted by molar-refractivity contribution is -0.130. The van der Waals surface area contributed by atoms with E-state index in [-0.39, 0.29) is 17.4 Å². The van der Waals surface area contributed by atoms with Gasteiger partial charge in [-0.2, -0.15) is 11.3 Å². The molecule has 0 aliphatic heterocycles. The second-order valence-electron chi connectivity index (χ2n) is 5.05. The molecular formula is C13H20N2OS. The van der Waals surface area contributed by atoms with Crippen molar-refractivity contribution in [2.24, 2.45) is 11.1 Å². The maximum Gasteiger partial charge on any atom is 0.227 e. The van der Waals surface area contributed by atoms with Crippen LogP contribution in [-0.4, -0.2) is 18.5 Å². The lowest BCUT2D eigenvalue weighted by atomic mass is 9.84. The highest BCUT2D eigenvalue weighted by atomic mass is 32.1. The van der Waals surface area contributed by atoms with Gasteiger partial charge in [0, 0.05) is 12.6 Å². The molecule has 1 amide bonds. The molecule has 0 bridgehead atoms. The fourth-order valence-corrected chi connectivity index (χ4v) is 3.14. The first kappa shape index (κ1) is 12.6. The molecular weight excluding hydrogens is 232 g/mol. The molecule has 0 spiro atoms. The number of amides is 1. The van der Waals surface area contributed by atoms with Crippen LogP contribution in [0.25, 0.3) is 0 Å². The molecule has 94 valence electrons. The second kappa shape index (κ2) is 5.19. The van der Waals surface area contributed by atoms with Crippen molar-refractivity contribution in [3.8, 4) is 0 Å². The fraction of sp³-hybridized carbons (Fsp3) is 0.615. The van der Waals surface area contributed by atoms with Gasteiger partial charge >= 0.3 is 0 Å². The minimum Gasteiger partial charge on any atom is -0.355 e. The molecule has 0 aromatic carbocycles. The minimum absolute atomic E-state index is 0.0173. The summed E-state index contributed by atoms with van der Waals surface area (Å²) < 4.78 is 0. The van der Waals surface area contributed by atoms with Gasteiger partial charge in [0.1, 0.15) is 0 Å². The first-order valence-corrected chi connectivity index (χ1v) is 7.12. The molecule has 2 rings (SSSR count). The molecule has 3 N–H and O–H groups in total. The van der Waals surface area contributed by atoms with Gasteiger partial charge in [-0.15, -0.1) is 0 Å². The summed E-state index contributed by atoms with van der Waals surface area (Å²) in [6.07, 6.45) is 3.85. The van der Waals surface area contributed by atoms with E-state index >= 15 is 0 Å². The number of carbonyl (C=O) groups is 1. The summed E-state index contributed by atoms with van der Waals surface area (Å²) >= 11 is 1.69. The van der Waals surface area contributed by atoms with Crippen LogP contribution in [0, 0.1) is 5.41 Å². The maximum atomic E-state index is 12.1. The van der Waals surface area contributed by atoms with Gasteiger partial charge in [-0.05, 0) is 48.6 Å². The largest absolute Gasteiger partial charge is 0.355 e. The lowest BCUT2D eigenvalue weighted by Crippen LogP contribution is -2.47. The third-order valence-corrected chi connectivity index (χ3v) is 4.56. The quantitative estimate of drug-likeness (QED) is 0.860. The highest BCUT2D eigenvalue weighted by Gasteiger charge is 2.42. The molecule has 3 nitrogen and oxygen atoms in total. The van der Waals surface area contributed by atoms with Gasteiger partial charge < -0.3 is 11.1 Å². The van der Waals surface area contributed by atoms with Crippen molar-refractivity contribution >= 4 is 17.2 Å². The van der Waals surface area contributed by atoms with Crippen molar-refractivity contribution in [3.05, 3.63) is 22.4 Å². The molecule has 4 heteroatoms. The zero-order valence-electron chi connectivity index (χ0n) is 10.2. The average Bonchev–Trinajstić information content (AvgIpc) is 2.91. The van der Waals surface area contributed by atoms with E-state index in [0.29, 0.717) is 6.54 Å². The summed E-state index contributed by atoms with van der Waals surface area (Å²) in [5.41, 5.74) is 6.96. The summed E-state index contributed by atoms with van der Waals surface area (Å²) in [5, 5.41) is 7.20. The first-order chi connectivity index (χ1) is 8.13. The predicted octanol–water partition coefficient (Wildman–Crippen LogP) is 1.92. The Hall–Kier alpha value is -0.870. The van der Waals surface area contributed by atoms with Crippen LogP contribution in [0.2, 0.25) is 0 Å². The monoisotopic (exact) mass is 252 g/mol. The van der Waals surface area contributed by atoms with Crippen LogP contribution >= 0.6 is 11.3 Å². The third kappa shape index (κ3) is 2.69. The van der Waals surface area contributed by atoms with E-state index in [1.165, 1.54) is 5.56 Å². The van der Waals surface area contributed by atoms with Gasteiger partial charge in [0.15, 0.2) is 0 Å². The van der Waals surface area contributed by atoms with Crippen molar-refractivity contribution in [1.82, 2.24) is 5.32 Å². The summed E-state index contributed by atoms with van der Waals surface area (Å²) in [7, 11) is 0. The molecule has 1 aliphatic rings. The van der Waals surface area contributed by atoms with Crippen LogP contribution in [-0.2, 0) is 11.2 Å². The van der Waals surface area contributed by atoms with Gasteiger partial charge in [0.05, 0.1) is 5.41 Å². The van der Waals surface area contributed by atoms with E-state index < -0.39 is 0 Å². The molecule has 1 aromatic heterocycles.